The molecule has 5 heteroatoms. The summed E-state index contributed by atoms with van der Waals surface area (Å²) in [5.41, 5.74) is 2.71. The van der Waals surface area contributed by atoms with Gasteiger partial charge in [-0.1, -0.05) is 66.2 Å². The van der Waals surface area contributed by atoms with E-state index in [1.807, 2.05) is 30.3 Å². The minimum absolute atomic E-state index is 0.0700. The first kappa shape index (κ1) is 18.6. The van der Waals surface area contributed by atoms with Crippen molar-refractivity contribution in [2.75, 3.05) is 0 Å². The number of allylic oxidation sites excluding steroid dienone is 1. The van der Waals surface area contributed by atoms with Crippen molar-refractivity contribution >= 4 is 40.0 Å². The van der Waals surface area contributed by atoms with Crippen molar-refractivity contribution in [3.63, 3.8) is 0 Å². The maximum atomic E-state index is 12.3. The summed E-state index contributed by atoms with van der Waals surface area (Å²) < 4.78 is 0. The fourth-order valence-electron chi connectivity index (χ4n) is 3.48. The molecule has 0 aromatic heterocycles. The highest BCUT2D eigenvalue weighted by Gasteiger charge is 2.29. The standard InChI is InChI=1S/C23H17ClN2OS/c24-18-10-8-16(9-11-18)20-12-22(27)26-23(21(20)13-25)28-14-17-6-3-5-15-4-1-2-7-19(15)17/h1-11,20H,12,14H2,(H,26,27). The summed E-state index contributed by atoms with van der Waals surface area (Å²) >= 11 is 7.49. The lowest BCUT2D eigenvalue weighted by molar-refractivity contribution is -0.120. The van der Waals surface area contributed by atoms with E-state index >= 15 is 0 Å². The zero-order valence-electron chi connectivity index (χ0n) is 15.0. The first-order chi connectivity index (χ1) is 13.7. The summed E-state index contributed by atoms with van der Waals surface area (Å²) in [5.74, 6) is 0.362. The largest absolute Gasteiger partial charge is 0.320 e. The van der Waals surface area contributed by atoms with Crippen LogP contribution in [0.3, 0.4) is 0 Å². The third-order valence-corrected chi connectivity index (χ3v) is 6.20. The van der Waals surface area contributed by atoms with Gasteiger partial charge in [0.05, 0.1) is 16.7 Å². The molecule has 1 N–H and O–H groups in total. The lowest BCUT2D eigenvalue weighted by atomic mass is 9.87. The number of nitrogens with one attached hydrogen (secondary N) is 1. The molecule has 0 fully saturated rings. The maximum absolute atomic E-state index is 12.3. The van der Waals surface area contributed by atoms with Crippen molar-refractivity contribution in [1.82, 2.24) is 5.32 Å². The van der Waals surface area contributed by atoms with Gasteiger partial charge in [-0.25, -0.2) is 0 Å². The van der Waals surface area contributed by atoms with Gasteiger partial charge >= 0.3 is 0 Å². The Morgan fingerprint density at radius 1 is 1.07 bits per heavy atom. The van der Waals surface area contributed by atoms with Gasteiger partial charge in [-0.05, 0) is 34.0 Å². The van der Waals surface area contributed by atoms with Gasteiger partial charge in [-0.3, -0.25) is 4.79 Å². The maximum Gasteiger partial charge on any atom is 0.225 e. The van der Waals surface area contributed by atoms with E-state index in [1.165, 1.54) is 28.1 Å². The molecule has 1 atom stereocenters. The van der Waals surface area contributed by atoms with Crippen LogP contribution in [0.2, 0.25) is 5.02 Å². The summed E-state index contributed by atoms with van der Waals surface area (Å²) in [6, 6.07) is 24.1. The minimum Gasteiger partial charge on any atom is -0.320 e. The number of nitriles is 1. The molecule has 0 bridgehead atoms. The van der Waals surface area contributed by atoms with Crippen LogP contribution < -0.4 is 5.32 Å². The monoisotopic (exact) mass is 404 g/mol. The van der Waals surface area contributed by atoms with E-state index in [-0.39, 0.29) is 18.2 Å². The van der Waals surface area contributed by atoms with Crippen LogP contribution in [0, 0.1) is 11.3 Å². The molecule has 1 heterocycles. The van der Waals surface area contributed by atoms with Crippen molar-refractivity contribution in [3.8, 4) is 6.07 Å². The fraction of sp³-hybridized carbons (Fsp3) is 0.130. The molecule has 3 aromatic rings. The molecule has 1 aliphatic rings. The molecular weight excluding hydrogens is 388 g/mol. The van der Waals surface area contributed by atoms with Gasteiger partial charge in [0.15, 0.2) is 0 Å². The Labute approximate surface area is 173 Å². The van der Waals surface area contributed by atoms with Crippen molar-refractivity contribution in [2.45, 2.75) is 18.1 Å². The Bertz CT molecular complexity index is 1110. The van der Waals surface area contributed by atoms with E-state index in [0.29, 0.717) is 21.4 Å². The third kappa shape index (κ3) is 3.77. The molecule has 0 aliphatic carbocycles. The topological polar surface area (TPSA) is 52.9 Å². The second-order valence-corrected chi connectivity index (χ2v) is 8.06. The van der Waals surface area contributed by atoms with Crippen LogP contribution in [0.15, 0.2) is 77.3 Å². The predicted molar refractivity (Wildman–Crippen MR) is 115 cm³/mol. The number of hydrogen-bond donors (Lipinski definition) is 1. The molecule has 138 valence electrons. The Kier molecular flexibility index (Phi) is 5.38. The molecule has 4 rings (SSSR count). The number of fused-ring (bicyclic) bond motifs is 1. The number of carbonyl (C=O) groups excluding carboxylic acids is 1. The molecular formula is C23H17ClN2OS. The van der Waals surface area contributed by atoms with Crippen molar-refractivity contribution in [3.05, 3.63) is 93.5 Å². The van der Waals surface area contributed by atoms with Crippen LogP contribution in [0.4, 0.5) is 0 Å². The number of nitrogens with zero attached hydrogens (tertiary/aromatic N) is 1. The van der Waals surface area contributed by atoms with Crippen LogP contribution in [-0.2, 0) is 10.5 Å². The molecule has 0 radical (unpaired) electrons. The summed E-state index contributed by atoms with van der Waals surface area (Å²) in [6.07, 6.45) is 0.267. The molecule has 1 amide bonds. The molecule has 3 aromatic carbocycles. The van der Waals surface area contributed by atoms with Gasteiger partial charge in [0.1, 0.15) is 0 Å². The molecule has 3 nitrogen and oxygen atoms in total. The Hall–Kier alpha value is -2.74. The third-order valence-electron chi connectivity index (χ3n) is 4.88. The van der Waals surface area contributed by atoms with Crippen molar-refractivity contribution in [2.24, 2.45) is 0 Å². The van der Waals surface area contributed by atoms with E-state index < -0.39 is 0 Å². The lowest BCUT2D eigenvalue weighted by Crippen LogP contribution is -2.30. The SMILES string of the molecule is N#CC1=C(SCc2cccc3ccccc23)NC(=O)CC1c1ccc(Cl)cc1. The second-order valence-electron chi connectivity index (χ2n) is 6.64. The van der Waals surface area contributed by atoms with Crippen LogP contribution >= 0.6 is 23.4 Å². The fourth-order valence-corrected chi connectivity index (χ4v) is 4.69. The molecule has 1 aliphatic heterocycles. The molecule has 1 unspecified atom stereocenters. The number of thioether (sulfide) groups is 1. The van der Waals surface area contributed by atoms with Crippen molar-refractivity contribution in [1.29, 1.82) is 5.26 Å². The average molecular weight is 405 g/mol. The number of carbonyl (C=O) groups is 1. The lowest BCUT2D eigenvalue weighted by Gasteiger charge is -2.25. The summed E-state index contributed by atoms with van der Waals surface area (Å²) in [4.78, 5) is 12.3. The molecule has 28 heavy (non-hydrogen) atoms. The summed E-state index contributed by atoms with van der Waals surface area (Å²) in [5, 5.41) is 16.4. The van der Waals surface area contributed by atoms with Crippen LogP contribution in [0.1, 0.15) is 23.5 Å². The quantitative estimate of drug-likeness (QED) is 0.600. The van der Waals surface area contributed by atoms with Gasteiger partial charge in [0, 0.05) is 23.1 Å². The molecule has 0 saturated heterocycles. The number of rotatable bonds is 4. The highest BCUT2D eigenvalue weighted by atomic mass is 35.5. The van der Waals surface area contributed by atoms with E-state index in [0.717, 1.165) is 5.56 Å². The van der Waals surface area contributed by atoms with E-state index in [4.69, 9.17) is 11.6 Å². The second kappa shape index (κ2) is 8.10. The van der Waals surface area contributed by atoms with E-state index in [2.05, 4.69) is 35.7 Å². The first-order valence-corrected chi connectivity index (χ1v) is 10.3. The smallest absolute Gasteiger partial charge is 0.225 e. The summed E-state index contributed by atoms with van der Waals surface area (Å²) in [6.45, 7) is 0. The van der Waals surface area contributed by atoms with E-state index in [9.17, 15) is 10.1 Å². The molecule has 0 saturated carbocycles. The van der Waals surface area contributed by atoms with E-state index in [1.54, 1.807) is 12.1 Å². The predicted octanol–water partition coefficient (Wildman–Crippen LogP) is 5.77. The molecule has 0 spiro atoms. The van der Waals surface area contributed by atoms with Crippen LogP contribution in [-0.4, -0.2) is 5.91 Å². The van der Waals surface area contributed by atoms with Gasteiger partial charge in [-0.2, -0.15) is 5.26 Å². The number of halogens is 1. The zero-order chi connectivity index (χ0) is 19.5. The highest BCUT2D eigenvalue weighted by Crippen LogP contribution is 2.37. The number of benzene rings is 3. The van der Waals surface area contributed by atoms with Crippen LogP contribution in [0.25, 0.3) is 10.8 Å². The Morgan fingerprint density at radius 3 is 2.61 bits per heavy atom. The summed E-state index contributed by atoms with van der Waals surface area (Å²) in [7, 11) is 0. The van der Waals surface area contributed by atoms with Gasteiger partial charge in [0.25, 0.3) is 0 Å². The number of amides is 1. The average Bonchev–Trinajstić information content (AvgIpc) is 2.72. The highest BCUT2D eigenvalue weighted by molar-refractivity contribution is 8.02. The van der Waals surface area contributed by atoms with Gasteiger partial charge in [0.2, 0.25) is 5.91 Å². The Balaban J connectivity index is 1.65. The minimum atomic E-state index is -0.244. The van der Waals surface area contributed by atoms with Gasteiger partial charge in [-0.15, -0.1) is 11.8 Å². The van der Waals surface area contributed by atoms with Crippen LogP contribution in [0.5, 0.6) is 0 Å². The first-order valence-electron chi connectivity index (χ1n) is 8.94. The Morgan fingerprint density at radius 2 is 1.82 bits per heavy atom. The van der Waals surface area contributed by atoms with Gasteiger partial charge < -0.3 is 5.32 Å². The zero-order valence-corrected chi connectivity index (χ0v) is 16.6. The normalized spacial score (nSPS) is 16.7. The number of hydrogen-bond acceptors (Lipinski definition) is 3. The van der Waals surface area contributed by atoms with Crippen molar-refractivity contribution < 1.29 is 4.79 Å².